The molecule has 202 valence electrons. The number of hydrogen-bond donors (Lipinski definition) is 4. The maximum atomic E-state index is 14.8. The minimum Gasteiger partial charge on any atom is -0.494 e. The molecule has 4 rings (SSSR count). The van der Waals surface area contributed by atoms with Gasteiger partial charge >= 0.3 is 18.0 Å². The van der Waals surface area contributed by atoms with Gasteiger partial charge in [0.1, 0.15) is 16.2 Å². The number of carbonyl (C=O) groups is 3. The molecule has 2 heterocycles. The molecule has 0 fully saturated rings. The largest absolute Gasteiger partial charge is 0.494 e. The number of amides is 2. The third-order valence-corrected chi connectivity index (χ3v) is 7.72. The van der Waals surface area contributed by atoms with Crippen LogP contribution in [0.3, 0.4) is 0 Å². The number of hydrogen-bond acceptors (Lipinski definition) is 9. The van der Waals surface area contributed by atoms with E-state index in [0.29, 0.717) is 10.8 Å². The van der Waals surface area contributed by atoms with Gasteiger partial charge < -0.3 is 25.2 Å². The number of carboxylic acids is 1. The number of fused-ring (bicyclic) bond motifs is 1. The van der Waals surface area contributed by atoms with E-state index in [1.807, 2.05) is 0 Å². The van der Waals surface area contributed by atoms with E-state index in [1.54, 1.807) is 18.2 Å². The third-order valence-electron chi connectivity index (χ3n) is 5.34. The van der Waals surface area contributed by atoms with E-state index in [2.05, 4.69) is 25.1 Å². The first kappa shape index (κ1) is 27.3. The number of carboxylic acid groups (broad SMARTS) is 1. The minimum absolute atomic E-state index is 0.0909. The highest BCUT2D eigenvalue weighted by Gasteiger charge is 2.26. The zero-order valence-electron chi connectivity index (χ0n) is 20.1. The van der Waals surface area contributed by atoms with Gasteiger partial charge in [0, 0.05) is 29.2 Å². The van der Waals surface area contributed by atoms with Crippen molar-refractivity contribution in [3.8, 4) is 5.75 Å². The number of carbonyl (C=O) groups excluding carboxylic acids is 2. The van der Waals surface area contributed by atoms with Gasteiger partial charge in [0.15, 0.2) is 5.82 Å². The summed E-state index contributed by atoms with van der Waals surface area (Å²) in [6.45, 7) is 0. The number of nitrogens with one attached hydrogen (secondary N) is 3. The molecule has 0 saturated heterocycles. The predicted molar refractivity (Wildman–Crippen MR) is 141 cm³/mol. The van der Waals surface area contributed by atoms with Crippen LogP contribution in [0, 0.1) is 5.82 Å². The number of pyridine rings is 1. The number of sulfonamides is 1. The van der Waals surface area contributed by atoms with Gasteiger partial charge in [-0.15, -0.1) is 11.3 Å². The van der Waals surface area contributed by atoms with Crippen molar-refractivity contribution in [2.45, 2.75) is 4.90 Å². The number of benzene rings is 2. The summed E-state index contributed by atoms with van der Waals surface area (Å²) in [5, 5.41) is 16.1. The number of anilines is 3. The van der Waals surface area contributed by atoms with E-state index in [4.69, 9.17) is 4.74 Å². The van der Waals surface area contributed by atoms with Crippen molar-refractivity contribution in [3.05, 3.63) is 70.4 Å². The molecule has 0 saturated carbocycles. The van der Waals surface area contributed by atoms with Gasteiger partial charge in [-0.25, -0.2) is 27.2 Å². The molecule has 0 bridgehead atoms. The Morgan fingerprint density at radius 2 is 1.79 bits per heavy atom. The van der Waals surface area contributed by atoms with Gasteiger partial charge in [0.25, 0.3) is 10.0 Å². The summed E-state index contributed by atoms with van der Waals surface area (Å²) in [4.78, 5) is 39.7. The fourth-order valence-electron chi connectivity index (χ4n) is 3.60. The Hall–Kier alpha value is -4.76. The predicted octanol–water partition coefficient (Wildman–Crippen LogP) is 4.37. The van der Waals surface area contributed by atoms with Crippen LogP contribution in [-0.4, -0.2) is 50.7 Å². The standard InChI is InChI=1S/C24H19FN4O8S2/c1-36-18-8-14(25)15(27-24(33)28-17-11-38-21(23(32)37-2)20(17)22(30)31)9-16(18)29-39(34,35)19-5-3-4-12-6-7-26-10-13(12)19/h3-11,29H,1-2H3,(H,30,31)(H2,27,28,33). The first-order valence-electron chi connectivity index (χ1n) is 10.8. The number of thiophene rings is 1. The highest BCUT2D eigenvalue weighted by molar-refractivity contribution is 7.93. The average molecular weight is 575 g/mol. The molecule has 4 N–H and O–H groups in total. The second-order valence-corrected chi connectivity index (χ2v) is 10.3. The molecule has 0 radical (unpaired) electrons. The average Bonchev–Trinajstić information content (AvgIpc) is 3.33. The first-order chi connectivity index (χ1) is 18.6. The van der Waals surface area contributed by atoms with Crippen LogP contribution in [0.2, 0.25) is 0 Å². The topological polar surface area (TPSA) is 173 Å². The third kappa shape index (κ3) is 5.58. The molecule has 2 aromatic carbocycles. The molecule has 0 unspecified atom stereocenters. The maximum Gasteiger partial charge on any atom is 0.349 e. The van der Waals surface area contributed by atoms with Crippen LogP contribution >= 0.6 is 11.3 Å². The van der Waals surface area contributed by atoms with E-state index >= 15 is 0 Å². The van der Waals surface area contributed by atoms with Gasteiger partial charge in [-0.1, -0.05) is 12.1 Å². The summed E-state index contributed by atoms with van der Waals surface area (Å²) in [6, 6.07) is 7.08. The van der Waals surface area contributed by atoms with E-state index < -0.39 is 45.1 Å². The maximum absolute atomic E-state index is 14.8. The molecular weight excluding hydrogens is 555 g/mol. The molecule has 4 aromatic rings. The highest BCUT2D eigenvalue weighted by Crippen LogP contribution is 2.34. The molecule has 0 atom stereocenters. The number of aromatic carboxylic acids is 1. The summed E-state index contributed by atoms with van der Waals surface area (Å²) >= 11 is 0.731. The van der Waals surface area contributed by atoms with Crippen molar-refractivity contribution in [1.82, 2.24) is 4.98 Å². The van der Waals surface area contributed by atoms with Crippen LogP contribution in [0.4, 0.5) is 26.2 Å². The lowest BCUT2D eigenvalue weighted by Crippen LogP contribution is -2.22. The Labute approximate surface area is 224 Å². The van der Waals surface area contributed by atoms with E-state index in [-0.39, 0.29) is 26.9 Å². The van der Waals surface area contributed by atoms with Gasteiger partial charge in [-0.3, -0.25) is 9.71 Å². The van der Waals surface area contributed by atoms with Gasteiger partial charge in [-0.2, -0.15) is 0 Å². The van der Waals surface area contributed by atoms with Crippen molar-refractivity contribution in [2.24, 2.45) is 0 Å². The Morgan fingerprint density at radius 3 is 2.49 bits per heavy atom. The number of aromatic nitrogens is 1. The smallest absolute Gasteiger partial charge is 0.349 e. The fourth-order valence-corrected chi connectivity index (χ4v) is 5.78. The quantitative estimate of drug-likeness (QED) is 0.223. The fraction of sp³-hybridized carbons (Fsp3) is 0.0833. The number of rotatable bonds is 8. The van der Waals surface area contributed by atoms with Crippen molar-refractivity contribution in [2.75, 3.05) is 29.6 Å². The molecule has 15 heteroatoms. The minimum atomic E-state index is -4.23. The van der Waals surface area contributed by atoms with Crippen molar-refractivity contribution >= 4 is 67.2 Å². The number of ether oxygens (including phenoxy) is 2. The Balaban J connectivity index is 1.63. The number of urea groups is 1. The molecule has 0 aliphatic heterocycles. The van der Waals surface area contributed by atoms with Crippen LogP contribution in [0.5, 0.6) is 5.75 Å². The summed E-state index contributed by atoms with van der Waals surface area (Å²) in [5.74, 6) is -3.55. The van der Waals surface area contributed by atoms with Crippen LogP contribution in [0.15, 0.2) is 59.1 Å². The van der Waals surface area contributed by atoms with E-state index in [9.17, 15) is 32.3 Å². The highest BCUT2D eigenvalue weighted by atomic mass is 32.2. The summed E-state index contributed by atoms with van der Waals surface area (Å²) in [6.07, 6.45) is 2.91. The van der Waals surface area contributed by atoms with Crippen LogP contribution in [-0.2, 0) is 14.8 Å². The van der Waals surface area contributed by atoms with Gasteiger partial charge in [0.05, 0.1) is 36.2 Å². The molecule has 39 heavy (non-hydrogen) atoms. The summed E-state index contributed by atoms with van der Waals surface area (Å²) < 4.78 is 53.3. The lowest BCUT2D eigenvalue weighted by atomic mass is 10.2. The molecule has 2 aromatic heterocycles. The zero-order valence-corrected chi connectivity index (χ0v) is 21.8. The van der Waals surface area contributed by atoms with Crippen molar-refractivity contribution in [1.29, 1.82) is 0 Å². The lowest BCUT2D eigenvalue weighted by Gasteiger charge is -2.16. The normalized spacial score (nSPS) is 11.1. The molecular formula is C24H19FN4O8S2. The van der Waals surface area contributed by atoms with Crippen LogP contribution in [0.25, 0.3) is 10.8 Å². The Bertz CT molecular complexity index is 1720. The number of esters is 1. The second-order valence-electron chi connectivity index (χ2n) is 7.72. The van der Waals surface area contributed by atoms with Crippen molar-refractivity contribution < 1.29 is 41.8 Å². The zero-order chi connectivity index (χ0) is 28.3. The van der Waals surface area contributed by atoms with E-state index in [1.165, 1.54) is 30.9 Å². The molecule has 0 aliphatic carbocycles. The number of methoxy groups -OCH3 is 2. The lowest BCUT2D eigenvalue weighted by molar-refractivity contribution is 0.0589. The van der Waals surface area contributed by atoms with Crippen LogP contribution in [0.1, 0.15) is 20.0 Å². The summed E-state index contributed by atoms with van der Waals surface area (Å²) in [7, 11) is -1.95. The monoisotopic (exact) mass is 574 g/mol. The Morgan fingerprint density at radius 1 is 1.05 bits per heavy atom. The van der Waals surface area contributed by atoms with Gasteiger partial charge in [-0.05, 0) is 23.6 Å². The number of halogens is 1. The van der Waals surface area contributed by atoms with Gasteiger partial charge in [0.2, 0.25) is 0 Å². The van der Waals surface area contributed by atoms with Crippen molar-refractivity contribution in [3.63, 3.8) is 0 Å². The van der Waals surface area contributed by atoms with E-state index in [0.717, 1.165) is 30.6 Å². The van der Waals surface area contributed by atoms with Crippen LogP contribution < -0.4 is 20.1 Å². The second kappa shape index (κ2) is 10.9. The molecule has 2 amide bonds. The molecule has 0 spiro atoms. The molecule has 12 nitrogen and oxygen atoms in total. The molecule has 0 aliphatic rings. The summed E-state index contributed by atoms with van der Waals surface area (Å²) in [5.41, 5.74) is -1.38. The Kier molecular flexibility index (Phi) is 7.64. The number of nitrogens with zero attached hydrogens (tertiary/aromatic N) is 1. The SMILES string of the molecule is COC(=O)c1scc(NC(=O)Nc2cc(NS(=O)(=O)c3cccc4ccncc34)c(OC)cc2F)c1C(=O)O. The first-order valence-corrected chi connectivity index (χ1v) is 13.2.